The first kappa shape index (κ1) is 15.2. The summed E-state index contributed by atoms with van der Waals surface area (Å²) in [5, 5.41) is 12.7. The average molecular weight is 342 g/mol. The molecule has 0 bridgehead atoms. The largest absolute Gasteiger partial charge is 0.306 e. The highest BCUT2D eigenvalue weighted by atomic mass is 32.2. The van der Waals surface area contributed by atoms with Gasteiger partial charge in [-0.1, -0.05) is 0 Å². The molecule has 8 heteroatoms. The maximum absolute atomic E-state index is 13.0. The van der Waals surface area contributed by atoms with Crippen molar-refractivity contribution in [2.45, 2.75) is 25.4 Å². The van der Waals surface area contributed by atoms with Crippen LogP contribution in [0.2, 0.25) is 0 Å². The predicted octanol–water partition coefficient (Wildman–Crippen LogP) is 2.32. The third-order valence-electron chi connectivity index (χ3n) is 4.29. The number of amides is 1. The molecule has 3 aromatic heterocycles. The molecule has 24 heavy (non-hydrogen) atoms. The Morgan fingerprint density at radius 1 is 1.21 bits per heavy atom. The van der Waals surface area contributed by atoms with Gasteiger partial charge in [0.2, 0.25) is 0 Å². The van der Waals surface area contributed by atoms with Crippen LogP contribution in [-0.4, -0.2) is 30.5 Å². The van der Waals surface area contributed by atoms with Crippen LogP contribution in [0, 0.1) is 13.8 Å². The summed E-state index contributed by atoms with van der Waals surface area (Å²) < 4.78 is 3.47. The number of fused-ring (bicyclic) bond motifs is 2. The van der Waals surface area contributed by atoms with Gasteiger partial charge in [-0.15, -0.1) is 0 Å². The molecule has 4 rings (SSSR count). The topological polar surface area (TPSA) is 77.6 Å². The minimum absolute atomic E-state index is 0.149. The molecule has 0 unspecified atom stereocenters. The number of nitrogens with one attached hydrogen (secondary N) is 1. The number of aromatic nitrogens is 5. The van der Waals surface area contributed by atoms with Crippen molar-refractivity contribution in [1.29, 1.82) is 0 Å². The van der Waals surface area contributed by atoms with Crippen molar-refractivity contribution in [3.05, 3.63) is 34.3 Å². The lowest BCUT2D eigenvalue weighted by atomic mass is 10.1. The molecule has 1 aliphatic heterocycles. The van der Waals surface area contributed by atoms with Crippen molar-refractivity contribution in [2.75, 3.05) is 5.32 Å². The van der Waals surface area contributed by atoms with E-state index in [1.807, 2.05) is 45.8 Å². The summed E-state index contributed by atoms with van der Waals surface area (Å²) in [5.41, 5.74) is 5.11. The van der Waals surface area contributed by atoms with Crippen LogP contribution in [0.3, 0.4) is 0 Å². The van der Waals surface area contributed by atoms with E-state index in [9.17, 15) is 4.79 Å². The summed E-state index contributed by atoms with van der Waals surface area (Å²) in [7, 11) is 3.70. The lowest BCUT2D eigenvalue weighted by Gasteiger charge is -2.09. The Labute approximate surface area is 143 Å². The van der Waals surface area contributed by atoms with Crippen LogP contribution in [0.25, 0.3) is 11.0 Å². The normalized spacial score (nSPS) is 13.5. The number of thioether (sulfide) groups is 1. The van der Waals surface area contributed by atoms with Gasteiger partial charge in [-0.05, 0) is 19.9 Å². The number of pyridine rings is 1. The highest BCUT2D eigenvalue weighted by Gasteiger charge is 2.24. The summed E-state index contributed by atoms with van der Waals surface area (Å²) >= 11 is 1.82. The van der Waals surface area contributed by atoms with Crippen molar-refractivity contribution in [1.82, 2.24) is 24.5 Å². The fraction of sp³-hybridized carbons (Fsp3) is 0.375. The zero-order valence-electron chi connectivity index (χ0n) is 14.0. The van der Waals surface area contributed by atoms with Gasteiger partial charge in [0.1, 0.15) is 5.82 Å². The first-order chi connectivity index (χ1) is 11.5. The Bertz CT molecular complexity index is 987. The van der Waals surface area contributed by atoms with Gasteiger partial charge in [0.25, 0.3) is 5.91 Å². The maximum atomic E-state index is 13.0. The van der Waals surface area contributed by atoms with Gasteiger partial charge in [0.15, 0.2) is 5.65 Å². The quantitative estimate of drug-likeness (QED) is 0.773. The molecule has 1 aliphatic rings. The number of hydrogen-bond donors (Lipinski definition) is 1. The second-order valence-corrected chi connectivity index (χ2v) is 7.05. The van der Waals surface area contributed by atoms with Gasteiger partial charge in [-0.3, -0.25) is 14.2 Å². The van der Waals surface area contributed by atoms with Crippen LogP contribution >= 0.6 is 11.8 Å². The molecule has 0 atom stereocenters. The summed E-state index contributed by atoms with van der Waals surface area (Å²) in [6, 6.07) is 1.82. The second-order valence-electron chi connectivity index (χ2n) is 6.06. The SMILES string of the molecule is Cc1cc(C(=O)Nc2c3c(nn2C)CSC3)c2c(C)nn(C)c2n1. The van der Waals surface area contributed by atoms with E-state index >= 15 is 0 Å². The van der Waals surface area contributed by atoms with Gasteiger partial charge in [-0.25, -0.2) is 4.98 Å². The Balaban J connectivity index is 1.80. The number of aryl methyl sites for hydroxylation is 4. The monoisotopic (exact) mass is 342 g/mol. The summed E-state index contributed by atoms with van der Waals surface area (Å²) in [6.45, 7) is 3.78. The molecule has 0 aliphatic carbocycles. The van der Waals surface area contributed by atoms with E-state index in [1.54, 1.807) is 9.36 Å². The third kappa shape index (κ3) is 2.21. The summed E-state index contributed by atoms with van der Waals surface area (Å²) in [5.74, 6) is 2.42. The van der Waals surface area contributed by atoms with Crippen LogP contribution < -0.4 is 5.32 Å². The van der Waals surface area contributed by atoms with Crippen molar-refractivity contribution < 1.29 is 4.79 Å². The number of carbonyl (C=O) groups is 1. The van der Waals surface area contributed by atoms with E-state index < -0.39 is 0 Å². The van der Waals surface area contributed by atoms with Crippen LogP contribution in [0.1, 0.15) is 33.0 Å². The van der Waals surface area contributed by atoms with Crippen LogP contribution in [0.15, 0.2) is 6.07 Å². The minimum Gasteiger partial charge on any atom is -0.306 e. The standard InChI is InChI=1S/C16H18N6OS/c1-8-5-10(13-9(2)19-22(4)15(13)17-8)16(23)18-14-11-6-24-7-12(11)20-21(14)3/h5H,6-7H2,1-4H3,(H,18,23). The molecular weight excluding hydrogens is 324 g/mol. The molecule has 1 amide bonds. The highest BCUT2D eigenvalue weighted by Crippen LogP contribution is 2.34. The molecular formula is C16H18N6OS. The fourth-order valence-electron chi connectivity index (χ4n) is 3.22. The molecule has 4 heterocycles. The minimum atomic E-state index is -0.149. The van der Waals surface area contributed by atoms with Crippen molar-refractivity contribution >= 4 is 34.5 Å². The average Bonchev–Trinajstić information content (AvgIpc) is 3.16. The molecule has 0 aromatic carbocycles. The molecule has 0 saturated heterocycles. The zero-order chi connectivity index (χ0) is 17.0. The van der Waals surface area contributed by atoms with Crippen molar-refractivity contribution in [3.63, 3.8) is 0 Å². The smallest absolute Gasteiger partial charge is 0.257 e. The predicted molar refractivity (Wildman–Crippen MR) is 94.1 cm³/mol. The molecule has 1 N–H and O–H groups in total. The van der Waals surface area contributed by atoms with E-state index in [2.05, 4.69) is 20.5 Å². The van der Waals surface area contributed by atoms with E-state index in [4.69, 9.17) is 0 Å². The van der Waals surface area contributed by atoms with Gasteiger partial charge >= 0.3 is 0 Å². The van der Waals surface area contributed by atoms with Crippen LogP contribution in [-0.2, 0) is 25.6 Å². The molecule has 0 radical (unpaired) electrons. The summed E-state index contributed by atoms with van der Waals surface area (Å²) in [6.07, 6.45) is 0. The van der Waals surface area contributed by atoms with Crippen LogP contribution in [0.5, 0.6) is 0 Å². The van der Waals surface area contributed by atoms with Gasteiger partial charge in [0.05, 0.1) is 22.3 Å². The third-order valence-corrected chi connectivity index (χ3v) is 5.26. The Morgan fingerprint density at radius 3 is 2.79 bits per heavy atom. The Kier molecular flexibility index (Phi) is 3.38. The lowest BCUT2D eigenvalue weighted by molar-refractivity contribution is 0.102. The molecule has 124 valence electrons. The molecule has 3 aromatic rings. The number of carbonyl (C=O) groups excluding carboxylic acids is 1. The number of nitrogens with zero attached hydrogens (tertiary/aromatic N) is 5. The number of hydrogen-bond acceptors (Lipinski definition) is 5. The first-order valence-electron chi connectivity index (χ1n) is 7.70. The Hall–Kier alpha value is -2.35. The van der Waals surface area contributed by atoms with Gasteiger partial charge < -0.3 is 5.32 Å². The van der Waals surface area contributed by atoms with E-state index in [0.29, 0.717) is 5.56 Å². The second kappa shape index (κ2) is 5.34. The molecule has 7 nitrogen and oxygen atoms in total. The zero-order valence-corrected chi connectivity index (χ0v) is 14.9. The van der Waals surface area contributed by atoms with Gasteiger partial charge in [-0.2, -0.15) is 22.0 Å². The fourth-order valence-corrected chi connectivity index (χ4v) is 4.26. The number of anilines is 1. The van der Waals surface area contributed by atoms with Gasteiger partial charge in [0, 0.05) is 36.9 Å². The van der Waals surface area contributed by atoms with Crippen molar-refractivity contribution in [2.24, 2.45) is 14.1 Å². The Morgan fingerprint density at radius 2 is 2.00 bits per heavy atom. The number of rotatable bonds is 2. The molecule has 0 saturated carbocycles. The van der Waals surface area contributed by atoms with E-state index in [-0.39, 0.29) is 5.91 Å². The van der Waals surface area contributed by atoms with Crippen molar-refractivity contribution in [3.8, 4) is 0 Å². The van der Waals surface area contributed by atoms with E-state index in [1.165, 1.54) is 0 Å². The molecule has 0 spiro atoms. The molecule has 0 fully saturated rings. The van der Waals surface area contributed by atoms with E-state index in [0.717, 1.165) is 51.0 Å². The highest BCUT2D eigenvalue weighted by molar-refractivity contribution is 7.98. The first-order valence-corrected chi connectivity index (χ1v) is 8.86. The lowest BCUT2D eigenvalue weighted by Crippen LogP contribution is -2.16. The maximum Gasteiger partial charge on any atom is 0.257 e. The summed E-state index contributed by atoms with van der Waals surface area (Å²) in [4.78, 5) is 17.5. The van der Waals surface area contributed by atoms with Crippen LogP contribution in [0.4, 0.5) is 5.82 Å².